The Morgan fingerprint density at radius 3 is 2.63 bits per heavy atom. The maximum Gasteiger partial charge on any atom is 0.412 e. The summed E-state index contributed by atoms with van der Waals surface area (Å²) in [5.41, 5.74) is 0.431. The van der Waals surface area contributed by atoms with Crippen LogP contribution in [0.2, 0.25) is 5.02 Å². The van der Waals surface area contributed by atoms with E-state index in [-0.39, 0.29) is 23.8 Å². The summed E-state index contributed by atoms with van der Waals surface area (Å²) in [6.45, 7) is 2.45. The number of ether oxygens (including phenoxy) is 1. The first-order valence-electron chi connectivity index (χ1n) is 8.07. The van der Waals surface area contributed by atoms with Crippen molar-refractivity contribution in [2.45, 2.75) is 6.23 Å². The molecule has 27 heavy (non-hydrogen) atoms. The summed E-state index contributed by atoms with van der Waals surface area (Å²) in [5.74, 6) is -0.127. The highest BCUT2D eigenvalue weighted by Crippen LogP contribution is 2.35. The number of fused-ring (bicyclic) bond motifs is 1. The number of halogens is 2. The molecular formula is C16H16Cl2N6O3. The number of nitrogens with one attached hydrogen (secondary N) is 1. The van der Waals surface area contributed by atoms with Gasteiger partial charge in [0, 0.05) is 44.8 Å². The highest BCUT2D eigenvalue weighted by Gasteiger charge is 2.44. The maximum atomic E-state index is 12.8. The molecule has 2 aliphatic rings. The van der Waals surface area contributed by atoms with E-state index in [4.69, 9.17) is 16.3 Å². The van der Waals surface area contributed by atoms with Gasteiger partial charge in [0.15, 0.2) is 5.69 Å². The van der Waals surface area contributed by atoms with Crippen molar-refractivity contribution in [2.75, 3.05) is 31.1 Å². The SMILES string of the molecule is Cl.O=C(OC1c2nccnc2C(=O)N1c1ccc(Cl)cn1)N1CCNCC1. The van der Waals surface area contributed by atoms with Gasteiger partial charge in [0.05, 0.1) is 5.02 Å². The number of piperazine rings is 1. The molecule has 1 fully saturated rings. The molecule has 2 aliphatic heterocycles. The molecule has 142 valence electrons. The Morgan fingerprint density at radius 1 is 1.19 bits per heavy atom. The zero-order valence-corrected chi connectivity index (χ0v) is 15.6. The van der Waals surface area contributed by atoms with E-state index >= 15 is 0 Å². The van der Waals surface area contributed by atoms with Crippen molar-refractivity contribution in [3.05, 3.63) is 47.1 Å². The van der Waals surface area contributed by atoms with Crippen LogP contribution in [0.3, 0.4) is 0 Å². The monoisotopic (exact) mass is 410 g/mol. The number of amides is 2. The zero-order valence-electron chi connectivity index (χ0n) is 14.0. The van der Waals surface area contributed by atoms with Crippen molar-refractivity contribution in [2.24, 2.45) is 0 Å². The van der Waals surface area contributed by atoms with E-state index in [9.17, 15) is 9.59 Å². The van der Waals surface area contributed by atoms with Crippen LogP contribution in [0.1, 0.15) is 22.4 Å². The molecule has 1 unspecified atom stereocenters. The van der Waals surface area contributed by atoms with Gasteiger partial charge < -0.3 is 15.0 Å². The van der Waals surface area contributed by atoms with E-state index in [1.165, 1.54) is 23.5 Å². The third-order valence-electron chi connectivity index (χ3n) is 4.16. The largest absolute Gasteiger partial charge is 0.419 e. The first kappa shape index (κ1) is 19.3. The average Bonchev–Trinajstić information content (AvgIpc) is 2.95. The Morgan fingerprint density at radius 2 is 1.93 bits per heavy atom. The number of aromatic nitrogens is 3. The van der Waals surface area contributed by atoms with Crippen molar-refractivity contribution in [1.29, 1.82) is 0 Å². The van der Waals surface area contributed by atoms with Gasteiger partial charge in [0.2, 0.25) is 6.23 Å². The van der Waals surface area contributed by atoms with Crippen LogP contribution in [-0.4, -0.2) is 58.0 Å². The van der Waals surface area contributed by atoms with Gasteiger partial charge in [0.25, 0.3) is 5.91 Å². The van der Waals surface area contributed by atoms with Gasteiger partial charge in [-0.2, -0.15) is 0 Å². The topological polar surface area (TPSA) is 101 Å². The Labute approximate surface area is 166 Å². The minimum Gasteiger partial charge on any atom is -0.419 e. The minimum absolute atomic E-state index is 0. The van der Waals surface area contributed by atoms with Gasteiger partial charge in [-0.3, -0.25) is 9.78 Å². The first-order chi connectivity index (χ1) is 12.6. The summed E-state index contributed by atoms with van der Waals surface area (Å²) in [4.78, 5) is 40.6. The normalized spacial score (nSPS) is 18.7. The number of hydrogen-bond acceptors (Lipinski definition) is 7. The van der Waals surface area contributed by atoms with Crippen LogP contribution >= 0.6 is 24.0 Å². The van der Waals surface area contributed by atoms with Gasteiger partial charge >= 0.3 is 6.09 Å². The fourth-order valence-electron chi connectivity index (χ4n) is 2.90. The molecule has 0 aromatic carbocycles. The van der Waals surface area contributed by atoms with Crippen LogP contribution in [0.15, 0.2) is 30.7 Å². The van der Waals surface area contributed by atoms with E-state index in [1.54, 1.807) is 17.0 Å². The fraction of sp³-hybridized carbons (Fsp3) is 0.312. The smallest absolute Gasteiger partial charge is 0.412 e. The lowest BCUT2D eigenvalue weighted by atomic mass is 10.3. The molecule has 2 aromatic heterocycles. The molecule has 2 amide bonds. The molecule has 1 N–H and O–H groups in total. The fourth-order valence-corrected chi connectivity index (χ4v) is 3.01. The molecule has 4 heterocycles. The molecule has 4 rings (SSSR count). The molecule has 0 aliphatic carbocycles. The van der Waals surface area contributed by atoms with Gasteiger partial charge in [0.1, 0.15) is 11.5 Å². The average molecular weight is 411 g/mol. The molecule has 1 atom stereocenters. The van der Waals surface area contributed by atoms with E-state index < -0.39 is 18.2 Å². The third-order valence-corrected chi connectivity index (χ3v) is 4.39. The summed E-state index contributed by atoms with van der Waals surface area (Å²) >= 11 is 5.88. The second-order valence-electron chi connectivity index (χ2n) is 5.77. The van der Waals surface area contributed by atoms with Crippen molar-refractivity contribution < 1.29 is 14.3 Å². The van der Waals surface area contributed by atoms with Crippen molar-refractivity contribution >= 4 is 41.8 Å². The van der Waals surface area contributed by atoms with Gasteiger partial charge in [-0.05, 0) is 12.1 Å². The Hall–Kier alpha value is -2.49. The van der Waals surface area contributed by atoms with Crippen LogP contribution in [0.25, 0.3) is 0 Å². The van der Waals surface area contributed by atoms with Gasteiger partial charge in [-0.1, -0.05) is 11.6 Å². The third kappa shape index (κ3) is 3.66. The summed E-state index contributed by atoms with van der Waals surface area (Å²) < 4.78 is 5.63. The Bertz CT molecular complexity index is 844. The summed E-state index contributed by atoms with van der Waals surface area (Å²) in [6, 6.07) is 3.19. The summed E-state index contributed by atoms with van der Waals surface area (Å²) in [6.07, 6.45) is 2.76. The first-order valence-corrected chi connectivity index (χ1v) is 8.45. The molecule has 1 saturated heterocycles. The number of pyridine rings is 1. The molecule has 0 radical (unpaired) electrons. The van der Waals surface area contributed by atoms with Crippen LogP contribution < -0.4 is 10.2 Å². The predicted molar refractivity (Wildman–Crippen MR) is 99.0 cm³/mol. The highest BCUT2D eigenvalue weighted by molar-refractivity contribution is 6.30. The van der Waals surface area contributed by atoms with Crippen molar-refractivity contribution in [3.63, 3.8) is 0 Å². The number of nitrogens with zero attached hydrogens (tertiary/aromatic N) is 5. The number of anilines is 1. The second-order valence-corrected chi connectivity index (χ2v) is 6.21. The molecule has 0 saturated carbocycles. The van der Waals surface area contributed by atoms with Crippen LogP contribution in [0.5, 0.6) is 0 Å². The van der Waals surface area contributed by atoms with Gasteiger partial charge in [-0.25, -0.2) is 19.7 Å². The molecule has 9 nitrogen and oxygen atoms in total. The lowest BCUT2D eigenvalue weighted by Gasteiger charge is -2.30. The zero-order chi connectivity index (χ0) is 18.1. The van der Waals surface area contributed by atoms with E-state index in [2.05, 4.69) is 20.3 Å². The minimum atomic E-state index is -1.03. The summed E-state index contributed by atoms with van der Waals surface area (Å²) in [5, 5.41) is 3.60. The molecule has 0 bridgehead atoms. The Balaban J connectivity index is 0.00000210. The number of hydrogen-bond donors (Lipinski definition) is 1. The van der Waals surface area contributed by atoms with Gasteiger partial charge in [-0.15, -0.1) is 12.4 Å². The van der Waals surface area contributed by atoms with Crippen LogP contribution in [0.4, 0.5) is 10.6 Å². The van der Waals surface area contributed by atoms with Crippen LogP contribution in [-0.2, 0) is 4.74 Å². The lowest BCUT2D eigenvalue weighted by Crippen LogP contribution is -2.47. The lowest BCUT2D eigenvalue weighted by molar-refractivity contribution is 0.0565. The number of carbonyl (C=O) groups excluding carboxylic acids is 2. The maximum absolute atomic E-state index is 12.8. The van der Waals surface area contributed by atoms with E-state index in [0.29, 0.717) is 37.0 Å². The van der Waals surface area contributed by atoms with E-state index in [1.807, 2.05) is 0 Å². The second kappa shape index (κ2) is 8.03. The van der Waals surface area contributed by atoms with E-state index in [0.717, 1.165) is 0 Å². The number of rotatable bonds is 2. The quantitative estimate of drug-likeness (QED) is 0.802. The molecule has 11 heteroatoms. The Kier molecular flexibility index (Phi) is 5.73. The predicted octanol–water partition coefficient (Wildman–Crippen LogP) is 1.65. The standard InChI is InChI=1S/C16H15ClN6O3.ClH/c17-10-1-2-11(21-9-10)23-14(24)12-13(20-4-3-19-12)15(23)26-16(25)22-7-5-18-6-8-22;/h1-4,9,15,18H,5-8H2;1H. The highest BCUT2D eigenvalue weighted by atomic mass is 35.5. The van der Waals surface area contributed by atoms with Crippen molar-refractivity contribution in [1.82, 2.24) is 25.2 Å². The molecule has 0 spiro atoms. The summed E-state index contributed by atoms with van der Waals surface area (Å²) in [7, 11) is 0. The molecular weight excluding hydrogens is 395 g/mol. The van der Waals surface area contributed by atoms with Crippen LogP contribution in [0, 0.1) is 0 Å². The number of carbonyl (C=O) groups is 2. The van der Waals surface area contributed by atoms with Crippen molar-refractivity contribution in [3.8, 4) is 0 Å². The molecule has 2 aromatic rings.